The molecular weight excluding hydrogens is 314 g/mol. The van der Waals surface area contributed by atoms with Gasteiger partial charge < -0.3 is 9.84 Å². The van der Waals surface area contributed by atoms with Crippen LogP contribution >= 0.6 is 27.7 Å². The number of hydrogen-bond donors (Lipinski definition) is 1. The molecule has 0 saturated heterocycles. The minimum atomic E-state index is 0.539. The molecule has 1 N–H and O–H groups in total. The highest BCUT2D eigenvalue weighted by atomic mass is 79.9. The summed E-state index contributed by atoms with van der Waals surface area (Å²) in [6.07, 6.45) is 2.40. The molecule has 1 saturated carbocycles. The summed E-state index contributed by atoms with van der Waals surface area (Å²) >= 11 is 5.11. The van der Waals surface area contributed by atoms with Crippen LogP contribution in [0, 0.1) is 0 Å². The molecule has 3 rings (SSSR count). The van der Waals surface area contributed by atoms with Gasteiger partial charge in [0, 0.05) is 15.4 Å². The Morgan fingerprint density at radius 3 is 2.83 bits per heavy atom. The van der Waals surface area contributed by atoms with Gasteiger partial charge in [-0.15, -0.1) is 11.8 Å². The number of rotatable bonds is 5. The quantitative estimate of drug-likeness (QED) is 0.849. The molecule has 1 heterocycles. The van der Waals surface area contributed by atoms with Crippen molar-refractivity contribution in [2.75, 3.05) is 5.32 Å². The first-order chi connectivity index (χ1) is 8.79. The normalized spacial score (nSPS) is 14.7. The SMILES string of the molecule is Brc1ccc(SCc2noc(NC3CC3)n2)cc1. The van der Waals surface area contributed by atoms with Crippen molar-refractivity contribution in [1.82, 2.24) is 10.1 Å². The number of halogens is 1. The number of anilines is 1. The topological polar surface area (TPSA) is 51.0 Å². The molecule has 6 heteroatoms. The minimum Gasteiger partial charge on any atom is -0.335 e. The Bertz CT molecular complexity index is 524. The van der Waals surface area contributed by atoms with Crippen molar-refractivity contribution in [1.29, 1.82) is 0 Å². The molecule has 1 fully saturated rings. The fourth-order valence-corrected chi connectivity index (χ4v) is 2.46. The van der Waals surface area contributed by atoms with Crippen molar-refractivity contribution < 1.29 is 4.52 Å². The lowest BCUT2D eigenvalue weighted by molar-refractivity contribution is 0.424. The number of benzene rings is 1. The molecule has 2 aromatic rings. The Balaban J connectivity index is 1.55. The van der Waals surface area contributed by atoms with E-state index in [9.17, 15) is 0 Å². The monoisotopic (exact) mass is 325 g/mol. The molecule has 0 amide bonds. The molecule has 0 radical (unpaired) electrons. The van der Waals surface area contributed by atoms with Crippen molar-refractivity contribution >= 4 is 33.7 Å². The van der Waals surface area contributed by atoms with Crippen LogP contribution in [-0.4, -0.2) is 16.2 Å². The average Bonchev–Trinajstić information content (AvgIpc) is 3.07. The molecule has 0 atom stereocenters. The highest BCUT2D eigenvalue weighted by Crippen LogP contribution is 2.26. The van der Waals surface area contributed by atoms with E-state index < -0.39 is 0 Å². The van der Waals surface area contributed by atoms with Crippen LogP contribution in [0.2, 0.25) is 0 Å². The summed E-state index contributed by atoms with van der Waals surface area (Å²) in [6.45, 7) is 0. The Morgan fingerprint density at radius 2 is 2.11 bits per heavy atom. The highest BCUT2D eigenvalue weighted by molar-refractivity contribution is 9.10. The second kappa shape index (κ2) is 5.32. The second-order valence-corrected chi connectivity index (χ2v) is 6.14. The summed E-state index contributed by atoms with van der Waals surface area (Å²) in [5.74, 6) is 1.45. The third-order valence-corrected chi connectivity index (χ3v) is 4.09. The van der Waals surface area contributed by atoms with Crippen LogP contribution in [0.3, 0.4) is 0 Å². The van der Waals surface area contributed by atoms with Crippen molar-refractivity contribution in [3.05, 3.63) is 34.6 Å². The van der Waals surface area contributed by atoms with E-state index in [0.29, 0.717) is 12.1 Å². The first-order valence-electron chi connectivity index (χ1n) is 5.77. The fraction of sp³-hybridized carbons (Fsp3) is 0.333. The summed E-state index contributed by atoms with van der Waals surface area (Å²) in [7, 11) is 0. The molecule has 4 nitrogen and oxygen atoms in total. The van der Waals surface area contributed by atoms with E-state index in [1.54, 1.807) is 11.8 Å². The standard InChI is InChI=1S/C12H12BrN3OS/c13-8-1-5-10(6-2-8)18-7-11-15-12(17-16-11)14-9-3-4-9/h1-2,5-6,9H,3-4,7H2,(H,14,15,16). The molecule has 18 heavy (non-hydrogen) atoms. The van der Waals surface area contributed by atoms with E-state index in [1.807, 2.05) is 12.1 Å². The molecule has 1 aromatic carbocycles. The molecule has 1 aromatic heterocycles. The molecule has 0 bridgehead atoms. The van der Waals surface area contributed by atoms with Gasteiger partial charge >= 0.3 is 6.01 Å². The van der Waals surface area contributed by atoms with E-state index in [1.165, 1.54) is 17.7 Å². The largest absolute Gasteiger partial charge is 0.335 e. The van der Waals surface area contributed by atoms with E-state index in [2.05, 4.69) is 43.5 Å². The van der Waals surface area contributed by atoms with Crippen molar-refractivity contribution in [2.24, 2.45) is 0 Å². The molecule has 0 aliphatic heterocycles. The third kappa shape index (κ3) is 3.26. The maximum atomic E-state index is 5.13. The molecule has 0 spiro atoms. The maximum absolute atomic E-state index is 5.13. The van der Waals surface area contributed by atoms with Gasteiger partial charge in [-0.05, 0) is 37.1 Å². The van der Waals surface area contributed by atoms with Gasteiger partial charge in [0.1, 0.15) is 0 Å². The zero-order chi connectivity index (χ0) is 12.4. The van der Waals surface area contributed by atoms with Crippen LogP contribution in [0.25, 0.3) is 0 Å². The number of nitrogens with one attached hydrogen (secondary N) is 1. The van der Waals surface area contributed by atoms with Gasteiger partial charge in [0.2, 0.25) is 0 Å². The van der Waals surface area contributed by atoms with Crippen molar-refractivity contribution in [3.8, 4) is 0 Å². The summed E-state index contributed by atoms with van der Waals surface area (Å²) in [5, 5.41) is 7.14. The van der Waals surface area contributed by atoms with E-state index >= 15 is 0 Å². The van der Waals surface area contributed by atoms with Crippen molar-refractivity contribution in [2.45, 2.75) is 29.5 Å². The van der Waals surface area contributed by atoms with E-state index in [-0.39, 0.29) is 0 Å². The van der Waals surface area contributed by atoms with Crippen LogP contribution in [0.15, 0.2) is 38.2 Å². The van der Waals surface area contributed by atoms with Gasteiger partial charge in [0.15, 0.2) is 5.82 Å². The van der Waals surface area contributed by atoms with Gasteiger partial charge in [0.25, 0.3) is 0 Å². The molecular formula is C12H12BrN3OS. The Labute approximate surface area is 118 Å². The smallest absolute Gasteiger partial charge is 0.321 e. The summed E-state index contributed by atoms with van der Waals surface area (Å²) in [4.78, 5) is 5.50. The first kappa shape index (κ1) is 12.0. The fourth-order valence-electron chi connectivity index (χ4n) is 1.45. The Hall–Kier alpha value is -1.01. The van der Waals surface area contributed by atoms with Gasteiger partial charge in [-0.1, -0.05) is 21.1 Å². The average molecular weight is 326 g/mol. The molecule has 0 unspecified atom stereocenters. The number of aromatic nitrogens is 2. The van der Waals surface area contributed by atoms with Crippen LogP contribution in [0.5, 0.6) is 0 Å². The van der Waals surface area contributed by atoms with Gasteiger partial charge in [-0.3, -0.25) is 0 Å². The second-order valence-electron chi connectivity index (χ2n) is 4.18. The van der Waals surface area contributed by atoms with Crippen molar-refractivity contribution in [3.63, 3.8) is 0 Å². The van der Waals surface area contributed by atoms with Crippen LogP contribution < -0.4 is 5.32 Å². The minimum absolute atomic E-state index is 0.539. The molecule has 1 aliphatic rings. The summed E-state index contributed by atoms with van der Waals surface area (Å²) < 4.78 is 6.22. The first-order valence-corrected chi connectivity index (χ1v) is 7.55. The maximum Gasteiger partial charge on any atom is 0.321 e. The zero-order valence-corrected chi connectivity index (χ0v) is 12.0. The lowest BCUT2D eigenvalue weighted by atomic mass is 10.4. The van der Waals surface area contributed by atoms with E-state index in [4.69, 9.17) is 4.52 Å². The predicted octanol–water partition coefficient (Wildman–Crippen LogP) is 3.70. The highest BCUT2D eigenvalue weighted by Gasteiger charge is 2.23. The summed E-state index contributed by atoms with van der Waals surface area (Å²) in [5.41, 5.74) is 0. The number of hydrogen-bond acceptors (Lipinski definition) is 5. The molecule has 94 valence electrons. The van der Waals surface area contributed by atoms with E-state index in [0.717, 1.165) is 16.0 Å². The van der Waals surface area contributed by atoms with Crippen LogP contribution in [-0.2, 0) is 5.75 Å². The van der Waals surface area contributed by atoms with Crippen LogP contribution in [0.4, 0.5) is 6.01 Å². The number of nitrogens with zero attached hydrogens (tertiary/aromatic N) is 2. The molecule has 1 aliphatic carbocycles. The van der Waals surface area contributed by atoms with Crippen LogP contribution in [0.1, 0.15) is 18.7 Å². The Morgan fingerprint density at radius 1 is 1.33 bits per heavy atom. The van der Waals surface area contributed by atoms with Gasteiger partial charge in [-0.25, -0.2) is 0 Å². The lowest BCUT2D eigenvalue weighted by Crippen LogP contribution is -2.00. The van der Waals surface area contributed by atoms with Gasteiger partial charge in [-0.2, -0.15) is 4.98 Å². The summed E-state index contributed by atoms with van der Waals surface area (Å²) in [6, 6.07) is 9.27. The number of thioether (sulfide) groups is 1. The van der Waals surface area contributed by atoms with Gasteiger partial charge in [0.05, 0.1) is 5.75 Å². The Kier molecular flexibility index (Phi) is 3.56. The third-order valence-electron chi connectivity index (χ3n) is 2.55. The zero-order valence-electron chi connectivity index (χ0n) is 9.60. The predicted molar refractivity (Wildman–Crippen MR) is 74.6 cm³/mol. The lowest BCUT2D eigenvalue weighted by Gasteiger charge is -1.98.